The van der Waals surface area contributed by atoms with Crippen molar-refractivity contribution in [3.05, 3.63) is 76.9 Å². The summed E-state index contributed by atoms with van der Waals surface area (Å²) in [5, 5.41) is 3.96. The number of halogens is 2. The molecule has 0 saturated heterocycles. The average molecular weight is 439 g/mol. The van der Waals surface area contributed by atoms with E-state index < -0.39 is 16.8 Å². The van der Waals surface area contributed by atoms with Crippen LogP contribution in [0, 0.1) is 0 Å². The largest absolute Gasteiger partial charge is 0.772 e. The first kappa shape index (κ1) is 22.6. The van der Waals surface area contributed by atoms with Crippen molar-refractivity contribution < 1.29 is 13.2 Å². The van der Waals surface area contributed by atoms with Crippen LogP contribution >= 0.6 is 12.4 Å². The Balaban J connectivity index is 0.00000300. The van der Waals surface area contributed by atoms with Crippen molar-refractivity contribution in [1.29, 1.82) is 0 Å². The number of nitrogens with zero attached hydrogens (tertiary/aromatic N) is 4. The van der Waals surface area contributed by atoms with Gasteiger partial charge in [0.15, 0.2) is 0 Å². The van der Waals surface area contributed by atoms with E-state index in [1.54, 1.807) is 42.6 Å². The Labute approximate surface area is 174 Å². The fraction of sp³-hybridized carbons (Fsp3) is 0.167. The quantitative estimate of drug-likeness (QED) is 0.561. The summed E-state index contributed by atoms with van der Waals surface area (Å²) in [6.07, 6.45) is 3.29. The lowest BCUT2D eigenvalue weighted by Crippen LogP contribution is -2.26. The van der Waals surface area contributed by atoms with Gasteiger partial charge in [-0.1, -0.05) is 35.3 Å². The van der Waals surface area contributed by atoms with Crippen molar-refractivity contribution in [2.75, 3.05) is 6.54 Å². The average Bonchev–Trinajstić information content (AvgIpc) is 3.06. The minimum Gasteiger partial charge on any atom is -0.772 e. The molecule has 8 nitrogen and oxygen atoms in total. The Morgan fingerprint density at radius 2 is 1.90 bits per heavy atom. The molecule has 1 unspecified atom stereocenters. The van der Waals surface area contributed by atoms with Crippen LogP contribution in [0.2, 0.25) is 0 Å². The topological polar surface area (TPSA) is 119 Å². The standard InChI is InChI=1S/C18H18FN5O3S.ClH/c19-7-14(8-20)10-24-18(25)23(12-22-24)17-6-5-16(9-21-17)15-3-1-13(2-4-15)11-28(26)27;/h1-7,9,12H,8,10-11,20H2,(H,26,27);1H/p-1/b14-7-;. The number of hydrogen-bond acceptors (Lipinski definition) is 6. The number of hydrogen-bond donors (Lipinski definition) is 1. The molecule has 2 aromatic heterocycles. The fourth-order valence-corrected chi connectivity index (χ4v) is 3.03. The highest BCUT2D eigenvalue weighted by molar-refractivity contribution is 7.78. The smallest absolute Gasteiger partial charge is 0.351 e. The van der Waals surface area contributed by atoms with Crippen LogP contribution in [0.25, 0.3) is 16.9 Å². The third kappa shape index (κ3) is 5.45. The van der Waals surface area contributed by atoms with Crippen LogP contribution in [0.15, 0.2) is 65.6 Å². The van der Waals surface area contributed by atoms with Crippen LogP contribution in [0.4, 0.5) is 4.39 Å². The zero-order valence-electron chi connectivity index (χ0n) is 15.1. The number of rotatable bonds is 7. The van der Waals surface area contributed by atoms with E-state index >= 15 is 0 Å². The maximum Gasteiger partial charge on any atom is 0.351 e. The predicted octanol–water partition coefficient (Wildman–Crippen LogP) is 1.71. The van der Waals surface area contributed by atoms with Crippen LogP contribution in [-0.2, 0) is 23.4 Å². The monoisotopic (exact) mass is 438 g/mol. The molecule has 0 radical (unpaired) electrons. The second kappa shape index (κ2) is 10.2. The van der Waals surface area contributed by atoms with Gasteiger partial charge in [-0.25, -0.2) is 23.4 Å². The highest BCUT2D eigenvalue weighted by Crippen LogP contribution is 2.20. The molecule has 0 aliphatic carbocycles. The molecule has 0 spiro atoms. The molecule has 1 atom stereocenters. The lowest BCUT2D eigenvalue weighted by molar-refractivity contribution is 0.536. The molecule has 0 aliphatic rings. The molecule has 2 heterocycles. The minimum absolute atomic E-state index is 0. The van der Waals surface area contributed by atoms with Gasteiger partial charge in [-0.3, -0.25) is 4.21 Å². The van der Waals surface area contributed by atoms with Gasteiger partial charge in [0, 0.05) is 24.1 Å². The number of benzene rings is 1. The van der Waals surface area contributed by atoms with E-state index in [2.05, 4.69) is 10.1 Å². The summed E-state index contributed by atoms with van der Waals surface area (Å²) in [5.74, 6) is 0.338. The summed E-state index contributed by atoms with van der Waals surface area (Å²) in [5.41, 5.74) is 7.57. The molecule has 0 aliphatic heterocycles. The highest BCUT2D eigenvalue weighted by atomic mass is 35.5. The van der Waals surface area contributed by atoms with E-state index in [1.165, 1.54) is 10.9 Å². The molecule has 2 N–H and O–H groups in total. The summed E-state index contributed by atoms with van der Waals surface area (Å²) in [6, 6.07) is 10.5. The second-order valence-electron chi connectivity index (χ2n) is 5.96. The summed E-state index contributed by atoms with van der Waals surface area (Å²) < 4.78 is 36.5. The SMILES string of the molecule is Cl.NC/C(=C/F)Cn1ncn(-c2ccc(-c3ccc(CS(=O)[O-])cc3)cn2)c1=O. The van der Waals surface area contributed by atoms with Gasteiger partial charge in [0.25, 0.3) is 0 Å². The predicted molar refractivity (Wildman–Crippen MR) is 109 cm³/mol. The third-order valence-electron chi connectivity index (χ3n) is 4.07. The first-order valence-electron chi connectivity index (χ1n) is 8.26. The van der Waals surface area contributed by atoms with Crippen LogP contribution in [0.5, 0.6) is 0 Å². The molecular formula is C18H18ClFN5O3S-. The van der Waals surface area contributed by atoms with Crippen molar-refractivity contribution in [3.8, 4) is 16.9 Å². The van der Waals surface area contributed by atoms with Gasteiger partial charge in [0.1, 0.15) is 12.1 Å². The van der Waals surface area contributed by atoms with E-state index in [0.717, 1.165) is 15.8 Å². The summed E-state index contributed by atoms with van der Waals surface area (Å²) in [7, 11) is 0. The van der Waals surface area contributed by atoms with Gasteiger partial charge in [-0.2, -0.15) is 5.10 Å². The van der Waals surface area contributed by atoms with Crippen LogP contribution in [0.3, 0.4) is 0 Å². The summed E-state index contributed by atoms with van der Waals surface area (Å²) >= 11 is -2.13. The van der Waals surface area contributed by atoms with Gasteiger partial charge in [-0.15, -0.1) is 12.4 Å². The molecule has 154 valence electrons. The molecule has 0 bridgehead atoms. The highest BCUT2D eigenvalue weighted by Gasteiger charge is 2.10. The van der Waals surface area contributed by atoms with Crippen molar-refractivity contribution in [2.45, 2.75) is 12.3 Å². The Morgan fingerprint density at radius 1 is 1.21 bits per heavy atom. The van der Waals surface area contributed by atoms with E-state index in [9.17, 15) is 17.9 Å². The van der Waals surface area contributed by atoms with Gasteiger partial charge >= 0.3 is 5.69 Å². The fourth-order valence-electron chi connectivity index (χ4n) is 2.57. The molecule has 11 heteroatoms. The van der Waals surface area contributed by atoms with E-state index in [0.29, 0.717) is 17.7 Å². The Kier molecular flexibility index (Phi) is 7.97. The molecule has 0 saturated carbocycles. The molecule has 29 heavy (non-hydrogen) atoms. The van der Waals surface area contributed by atoms with Gasteiger partial charge in [0.05, 0.1) is 12.9 Å². The molecule has 0 fully saturated rings. The summed E-state index contributed by atoms with van der Waals surface area (Å²) in [6.45, 7) is -0.0380. The number of pyridine rings is 1. The van der Waals surface area contributed by atoms with E-state index in [4.69, 9.17) is 5.73 Å². The minimum atomic E-state index is -2.13. The molecule has 0 amide bonds. The lowest BCUT2D eigenvalue weighted by Gasteiger charge is -2.07. The first-order valence-corrected chi connectivity index (χ1v) is 9.50. The Morgan fingerprint density at radius 3 is 2.45 bits per heavy atom. The van der Waals surface area contributed by atoms with E-state index in [-0.39, 0.29) is 36.8 Å². The molecular weight excluding hydrogens is 421 g/mol. The number of aromatic nitrogens is 4. The first-order chi connectivity index (χ1) is 13.5. The molecule has 3 aromatic rings. The van der Waals surface area contributed by atoms with Crippen molar-refractivity contribution >= 4 is 23.5 Å². The van der Waals surface area contributed by atoms with Crippen molar-refractivity contribution in [2.24, 2.45) is 5.73 Å². The summed E-state index contributed by atoms with van der Waals surface area (Å²) in [4.78, 5) is 16.7. The van der Waals surface area contributed by atoms with Crippen molar-refractivity contribution in [1.82, 2.24) is 19.3 Å². The Bertz CT molecular complexity index is 1060. The van der Waals surface area contributed by atoms with Crippen LogP contribution in [0.1, 0.15) is 5.56 Å². The number of nitrogens with two attached hydrogens (primary N) is 1. The maximum atomic E-state index is 12.7. The van der Waals surface area contributed by atoms with Gasteiger partial charge in [0.2, 0.25) is 0 Å². The molecule has 1 aromatic carbocycles. The van der Waals surface area contributed by atoms with Crippen LogP contribution in [-0.4, -0.2) is 34.6 Å². The zero-order valence-corrected chi connectivity index (χ0v) is 16.7. The van der Waals surface area contributed by atoms with Gasteiger partial charge < -0.3 is 10.3 Å². The van der Waals surface area contributed by atoms with Crippen molar-refractivity contribution in [3.63, 3.8) is 0 Å². The van der Waals surface area contributed by atoms with Crippen LogP contribution < -0.4 is 11.4 Å². The zero-order chi connectivity index (χ0) is 20.1. The lowest BCUT2D eigenvalue weighted by atomic mass is 10.1. The Hall–Kier alpha value is -2.66. The van der Waals surface area contributed by atoms with E-state index in [1.807, 2.05) is 0 Å². The second-order valence-corrected chi connectivity index (χ2v) is 6.86. The normalized spacial score (nSPS) is 12.4. The third-order valence-corrected chi connectivity index (χ3v) is 4.64. The maximum absolute atomic E-state index is 12.7. The van der Waals surface area contributed by atoms with Gasteiger partial charge in [-0.05, 0) is 28.8 Å². The molecule has 3 rings (SSSR count).